The number of fused-ring (bicyclic) bond motifs is 1. The zero-order chi connectivity index (χ0) is 31.7. The zero-order valence-corrected chi connectivity index (χ0v) is 26.1. The van der Waals surface area contributed by atoms with Crippen LogP contribution in [-0.2, 0) is 4.79 Å². The summed E-state index contributed by atoms with van der Waals surface area (Å²) in [6.07, 6.45) is 1.61. The third kappa shape index (κ3) is 5.44. The fraction of sp³-hybridized carbons (Fsp3) is 0.281. The molecule has 44 heavy (non-hydrogen) atoms. The lowest BCUT2D eigenvalue weighted by molar-refractivity contribution is -0.385. The smallest absolute Gasteiger partial charge is 0.273 e. The minimum absolute atomic E-state index is 0.00726. The summed E-state index contributed by atoms with van der Waals surface area (Å²) in [5.74, 6) is 1.64. The normalized spacial score (nSPS) is 14.7. The van der Waals surface area contributed by atoms with E-state index in [1.165, 1.54) is 29.1 Å². The number of hydrogen-bond acceptors (Lipinski definition) is 9. The molecule has 228 valence electrons. The van der Waals surface area contributed by atoms with E-state index >= 15 is 0 Å². The number of hydrogen-bond donors (Lipinski definition) is 0. The molecule has 2 aromatic heterocycles. The van der Waals surface area contributed by atoms with Crippen LogP contribution in [0.5, 0.6) is 11.5 Å². The Morgan fingerprint density at radius 2 is 1.86 bits per heavy atom. The Balaban J connectivity index is 1.68. The van der Waals surface area contributed by atoms with Crippen molar-refractivity contribution < 1.29 is 23.6 Å². The number of thiazole rings is 1. The van der Waals surface area contributed by atoms with Crippen LogP contribution < -0.4 is 24.4 Å². The number of nitro benzene ring substituents is 1. The minimum atomic E-state index is -0.827. The van der Waals surface area contributed by atoms with Crippen molar-refractivity contribution >= 4 is 29.0 Å². The van der Waals surface area contributed by atoms with E-state index in [0.29, 0.717) is 73.4 Å². The standard InChI is InChI=1S/C32H32N4O7S/c1-7-34(8-2)31(38)28-19(4)33-32-35(29(28)23-16-21(41-5)11-14-26(23)42-6)30(37)27(44-32)17-22-12-13-25(43-22)20-10-9-18(3)24(15-20)36(39)40/h9-17,29H,7-8H2,1-6H3/b27-17+/t29-/m1/s1. The predicted octanol–water partition coefficient (Wildman–Crippen LogP) is 4.60. The highest BCUT2D eigenvalue weighted by Crippen LogP contribution is 2.38. The lowest BCUT2D eigenvalue weighted by Crippen LogP contribution is -2.43. The molecule has 12 heteroatoms. The summed E-state index contributed by atoms with van der Waals surface area (Å²) >= 11 is 1.18. The van der Waals surface area contributed by atoms with Gasteiger partial charge >= 0.3 is 0 Å². The summed E-state index contributed by atoms with van der Waals surface area (Å²) in [7, 11) is 3.08. The number of rotatable bonds is 9. The first-order chi connectivity index (χ1) is 21.1. The topological polar surface area (TPSA) is 129 Å². The molecule has 1 aliphatic heterocycles. The summed E-state index contributed by atoms with van der Waals surface area (Å²) in [5, 5.41) is 11.4. The van der Waals surface area contributed by atoms with Crippen LogP contribution in [0.1, 0.15) is 43.7 Å². The second-order valence-corrected chi connectivity index (χ2v) is 11.1. The van der Waals surface area contributed by atoms with Crippen molar-refractivity contribution in [3.05, 3.63) is 106 Å². The van der Waals surface area contributed by atoms with E-state index in [1.54, 1.807) is 74.4 Å². The molecule has 0 spiro atoms. The first-order valence-corrected chi connectivity index (χ1v) is 14.8. The Morgan fingerprint density at radius 3 is 2.52 bits per heavy atom. The number of carbonyl (C=O) groups excluding carboxylic acids is 1. The first-order valence-electron chi connectivity index (χ1n) is 14.0. The van der Waals surface area contributed by atoms with Gasteiger partial charge in [0.05, 0.1) is 34.9 Å². The molecule has 0 saturated heterocycles. The third-order valence-electron chi connectivity index (χ3n) is 7.62. The molecule has 3 heterocycles. The van der Waals surface area contributed by atoms with Crippen LogP contribution >= 0.6 is 11.3 Å². The molecule has 1 atom stereocenters. The van der Waals surface area contributed by atoms with Gasteiger partial charge in [0.15, 0.2) is 4.80 Å². The summed E-state index contributed by atoms with van der Waals surface area (Å²) in [6, 6.07) is 12.7. The van der Waals surface area contributed by atoms with Crippen molar-refractivity contribution in [2.45, 2.75) is 33.7 Å². The fourth-order valence-corrected chi connectivity index (χ4v) is 6.32. The monoisotopic (exact) mass is 616 g/mol. The molecule has 5 rings (SSSR count). The number of allylic oxidation sites excluding steroid dienone is 1. The Bertz CT molecular complexity index is 1980. The van der Waals surface area contributed by atoms with E-state index in [-0.39, 0.29) is 17.2 Å². The molecule has 2 aromatic carbocycles. The zero-order valence-electron chi connectivity index (χ0n) is 25.2. The summed E-state index contributed by atoms with van der Waals surface area (Å²) < 4.78 is 19.0. The van der Waals surface area contributed by atoms with Gasteiger partial charge in [0.1, 0.15) is 29.1 Å². The van der Waals surface area contributed by atoms with Crippen LogP contribution in [0, 0.1) is 17.0 Å². The minimum Gasteiger partial charge on any atom is -0.497 e. The number of nitro groups is 1. The van der Waals surface area contributed by atoms with Gasteiger partial charge in [-0.25, -0.2) is 4.99 Å². The Kier molecular flexibility index (Phi) is 8.54. The van der Waals surface area contributed by atoms with Crippen molar-refractivity contribution in [2.24, 2.45) is 4.99 Å². The second-order valence-electron chi connectivity index (χ2n) is 10.1. The SMILES string of the molecule is CCN(CC)C(=O)C1=C(C)N=c2s/c(=C/c3ccc(-c4ccc(C)c([N+](=O)[O-])c4)o3)c(=O)n2[C@@H]1c1cc(OC)ccc1OC. The highest BCUT2D eigenvalue weighted by atomic mass is 32.1. The summed E-state index contributed by atoms with van der Waals surface area (Å²) in [6.45, 7) is 8.23. The van der Waals surface area contributed by atoms with E-state index in [4.69, 9.17) is 18.9 Å². The predicted molar refractivity (Wildman–Crippen MR) is 167 cm³/mol. The number of benzene rings is 2. The van der Waals surface area contributed by atoms with Gasteiger partial charge in [-0.1, -0.05) is 23.5 Å². The van der Waals surface area contributed by atoms with Gasteiger partial charge < -0.3 is 18.8 Å². The number of likely N-dealkylation sites (N-methyl/N-ethyl adjacent to an activating group) is 1. The van der Waals surface area contributed by atoms with Gasteiger partial charge in [-0.15, -0.1) is 0 Å². The maximum Gasteiger partial charge on any atom is 0.273 e. The number of ether oxygens (including phenoxy) is 2. The van der Waals surface area contributed by atoms with Crippen LogP contribution in [-0.4, -0.2) is 47.6 Å². The van der Waals surface area contributed by atoms with Crippen LogP contribution in [0.3, 0.4) is 0 Å². The molecule has 0 aliphatic carbocycles. The van der Waals surface area contributed by atoms with Crippen molar-refractivity contribution in [3.63, 3.8) is 0 Å². The average molecular weight is 617 g/mol. The molecule has 0 saturated carbocycles. The van der Waals surface area contributed by atoms with Crippen molar-refractivity contribution in [1.29, 1.82) is 0 Å². The van der Waals surface area contributed by atoms with Gasteiger partial charge in [0, 0.05) is 41.9 Å². The van der Waals surface area contributed by atoms with Gasteiger partial charge in [-0.05, 0) is 58.0 Å². The van der Waals surface area contributed by atoms with Crippen LogP contribution in [0.15, 0.2) is 74.0 Å². The number of carbonyl (C=O) groups is 1. The molecule has 0 N–H and O–H groups in total. The Labute approximate surface area is 257 Å². The van der Waals surface area contributed by atoms with E-state index in [2.05, 4.69) is 0 Å². The maximum atomic E-state index is 14.1. The number of methoxy groups -OCH3 is 2. The number of furan rings is 1. The maximum absolute atomic E-state index is 14.1. The first kappa shape index (κ1) is 30.5. The molecule has 4 aromatic rings. The lowest BCUT2D eigenvalue weighted by atomic mass is 9.93. The number of aromatic nitrogens is 1. The summed E-state index contributed by atoms with van der Waals surface area (Å²) in [4.78, 5) is 45.9. The molecule has 0 fully saturated rings. The van der Waals surface area contributed by atoms with Gasteiger partial charge in [-0.3, -0.25) is 24.3 Å². The van der Waals surface area contributed by atoms with E-state index in [1.807, 2.05) is 13.8 Å². The van der Waals surface area contributed by atoms with Crippen LogP contribution in [0.4, 0.5) is 5.69 Å². The van der Waals surface area contributed by atoms with Crippen molar-refractivity contribution in [1.82, 2.24) is 9.47 Å². The highest BCUT2D eigenvalue weighted by Gasteiger charge is 2.36. The summed E-state index contributed by atoms with van der Waals surface area (Å²) in [5.41, 5.74) is 2.19. The number of nitrogens with zero attached hydrogens (tertiary/aromatic N) is 4. The molecule has 0 bridgehead atoms. The van der Waals surface area contributed by atoms with Crippen LogP contribution in [0.2, 0.25) is 0 Å². The Morgan fingerprint density at radius 1 is 1.11 bits per heavy atom. The number of aryl methyl sites for hydroxylation is 1. The van der Waals surface area contributed by atoms with Gasteiger partial charge in [0.25, 0.3) is 17.2 Å². The van der Waals surface area contributed by atoms with Crippen LogP contribution in [0.25, 0.3) is 17.4 Å². The lowest BCUT2D eigenvalue weighted by Gasteiger charge is -2.30. The van der Waals surface area contributed by atoms with E-state index in [9.17, 15) is 19.7 Å². The molecule has 11 nitrogen and oxygen atoms in total. The largest absolute Gasteiger partial charge is 0.497 e. The molecular weight excluding hydrogens is 584 g/mol. The molecular formula is C32H32N4O7S. The fourth-order valence-electron chi connectivity index (χ4n) is 5.30. The van der Waals surface area contributed by atoms with Crippen molar-refractivity contribution in [2.75, 3.05) is 27.3 Å². The number of amides is 1. The molecule has 0 radical (unpaired) electrons. The Hall–Kier alpha value is -4.97. The second kappa shape index (κ2) is 12.3. The molecule has 0 unspecified atom stereocenters. The van der Waals surface area contributed by atoms with E-state index in [0.717, 1.165) is 0 Å². The third-order valence-corrected chi connectivity index (χ3v) is 8.61. The molecule has 1 amide bonds. The van der Waals surface area contributed by atoms with Gasteiger partial charge in [-0.2, -0.15) is 0 Å². The molecule has 1 aliphatic rings. The highest BCUT2D eigenvalue weighted by molar-refractivity contribution is 7.07. The quantitative estimate of drug-likeness (QED) is 0.199. The van der Waals surface area contributed by atoms with E-state index < -0.39 is 11.0 Å². The van der Waals surface area contributed by atoms with Crippen molar-refractivity contribution in [3.8, 4) is 22.8 Å². The van der Waals surface area contributed by atoms with Gasteiger partial charge in [0.2, 0.25) is 0 Å². The average Bonchev–Trinajstić information content (AvgIpc) is 3.60.